The van der Waals surface area contributed by atoms with Crippen LogP contribution in [-0.2, 0) is 10.2 Å². The second-order valence-electron chi connectivity index (χ2n) is 5.97. The molecule has 0 saturated heterocycles. The summed E-state index contributed by atoms with van der Waals surface area (Å²) < 4.78 is 0. The van der Waals surface area contributed by atoms with E-state index in [2.05, 4.69) is 10.3 Å². The predicted octanol–water partition coefficient (Wildman–Crippen LogP) is 2.87. The molecule has 6 heteroatoms. The molecule has 1 rings (SSSR count). The molecule has 0 saturated carbocycles. The van der Waals surface area contributed by atoms with Crippen LogP contribution in [0.2, 0.25) is 5.15 Å². The van der Waals surface area contributed by atoms with Gasteiger partial charge in [-0.3, -0.25) is 9.59 Å². The summed E-state index contributed by atoms with van der Waals surface area (Å²) >= 11 is 5.96. The number of halogens is 1. The molecule has 0 radical (unpaired) electrons. The smallest absolute Gasteiger partial charge is 0.308 e. The number of hydrogen-bond acceptors (Lipinski definition) is 3. The Morgan fingerprint density at radius 3 is 2.48 bits per heavy atom. The fourth-order valence-electron chi connectivity index (χ4n) is 1.74. The molecule has 1 aromatic rings. The zero-order chi connectivity index (χ0) is 16.2. The van der Waals surface area contributed by atoms with E-state index in [1.165, 1.54) is 6.07 Å². The number of rotatable bonds is 5. The number of pyridine rings is 1. The van der Waals surface area contributed by atoms with Crippen molar-refractivity contribution in [1.29, 1.82) is 0 Å². The lowest BCUT2D eigenvalue weighted by Crippen LogP contribution is -2.33. The third-order valence-corrected chi connectivity index (χ3v) is 3.37. The molecule has 2 N–H and O–H groups in total. The predicted molar refractivity (Wildman–Crippen MR) is 81.7 cm³/mol. The Morgan fingerprint density at radius 2 is 2.00 bits per heavy atom. The van der Waals surface area contributed by atoms with Gasteiger partial charge in [0, 0.05) is 23.2 Å². The molecule has 0 fully saturated rings. The van der Waals surface area contributed by atoms with E-state index >= 15 is 0 Å². The zero-order valence-corrected chi connectivity index (χ0v) is 13.5. The summed E-state index contributed by atoms with van der Waals surface area (Å²) in [6.45, 7) is 7.79. The van der Waals surface area contributed by atoms with Crippen molar-refractivity contribution >= 4 is 23.5 Å². The molecule has 1 aromatic heterocycles. The number of amides is 1. The van der Waals surface area contributed by atoms with Gasteiger partial charge in [0.2, 0.25) is 0 Å². The van der Waals surface area contributed by atoms with Crippen molar-refractivity contribution in [2.24, 2.45) is 5.92 Å². The molecule has 0 aliphatic heterocycles. The molecule has 116 valence electrons. The van der Waals surface area contributed by atoms with Crippen LogP contribution >= 0.6 is 11.6 Å². The number of carbonyl (C=O) groups is 2. The Bertz CT molecular complexity index is 538. The highest BCUT2D eigenvalue weighted by Gasteiger charge is 2.20. The van der Waals surface area contributed by atoms with Gasteiger partial charge < -0.3 is 10.4 Å². The van der Waals surface area contributed by atoms with Crippen LogP contribution in [0.25, 0.3) is 0 Å². The van der Waals surface area contributed by atoms with E-state index in [-0.39, 0.29) is 23.0 Å². The average Bonchev–Trinajstić information content (AvgIpc) is 2.37. The molecule has 1 atom stereocenters. The molecule has 1 amide bonds. The minimum atomic E-state index is -0.916. The Kier molecular flexibility index (Phi) is 5.72. The lowest BCUT2D eigenvalue weighted by Gasteiger charge is -2.19. The van der Waals surface area contributed by atoms with E-state index in [0.717, 1.165) is 0 Å². The highest BCUT2D eigenvalue weighted by Crippen LogP contribution is 2.23. The van der Waals surface area contributed by atoms with Gasteiger partial charge in [-0.05, 0) is 18.6 Å². The quantitative estimate of drug-likeness (QED) is 0.819. The first-order valence-electron chi connectivity index (χ1n) is 6.84. The molecule has 1 heterocycles. The van der Waals surface area contributed by atoms with Crippen molar-refractivity contribution < 1.29 is 14.7 Å². The third-order valence-electron chi connectivity index (χ3n) is 3.18. The molecule has 0 aromatic carbocycles. The summed E-state index contributed by atoms with van der Waals surface area (Å²) in [5.41, 5.74) is 0.873. The van der Waals surface area contributed by atoms with Crippen LogP contribution in [-0.4, -0.2) is 28.5 Å². The summed E-state index contributed by atoms with van der Waals surface area (Å²) in [5.74, 6) is -1.85. The fourth-order valence-corrected chi connectivity index (χ4v) is 1.95. The van der Waals surface area contributed by atoms with Crippen LogP contribution in [0.5, 0.6) is 0 Å². The lowest BCUT2D eigenvalue weighted by atomic mass is 9.91. The van der Waals surface area contributed by atoms with Gasteiger partial charge in [-0.2, -0.15) is 0 Å². The summed E-state index contributed by atoms with van der Waals surface area (Å²) in [7, 11) is 0. The van der Waals surface area contributed by atoms with Crippen LogP contribution in [0.3, 0.4) is 0 Å². The van der Waals surface area contributed by atoms with Crippen LogP contribution in [0.15, 0.2) is 12.1 Å². The number of nitrogens with zero attached hydrogens (tertiary/aromatic N) is 1. The van der Waals surface area contributed by atoms with Crippen LogP contribution in [0.4, 0.5) is 0 Å². The highest BCUT2D eigenvalue weighted by atomic mass is 35.5. The van der Waals surface area contributed by atoms with Crippen molar-refractivity contribution in [3.05, 3.63) is 28.5 Å². The summed E-state index contributed by atoms with van der Waals surface area (Å²) in [4.78, 5) is 27.3. The molecule has 5 nitrogen and oxygen atoms in total. The van der Waals surface area contributed by atoms with Crippen molar-refractivity contribution in [2.75, 3.05) is 6.54 Å². The molecular weight excluding hydrogens is 292 g/mol. The van der Waals surface area contributed by atoms with Gasteiger partial charge in [0.15, 0.2) is 0 Å². The second kappa shape index (κ2) is 6.89. The molecule has 1 unspecified atom stereocenters. The minimum absolute atomic E-state index is 0.0927. The first-order valence-corrected chi connectivity index (χ1v) is 7.22. The minimum Gasteiger partial charge on any atom is -0.481 e. The van der Waals surface area contributed by atoms with E-state index in [4.69, 9.17) is 16.7 Å². The van der Waals surface area contributed by atoms with E-state index in [9.17, 15) is 9.59 Å². The second-order valence-corrected chi connectivity index (χ2v) is 6.35. The van der Waals surface area contributed by atoms with Crippen molar-refractivity contribution in [3.8, 4) is 0 Å². The van der Waals surface area contributed by atoms with E-state index in [1.807, 2.05) is 20.8 Å². The van der Waals surface area contributed by atoms with Crippen molar-refractivity contribution in [2.45, 2.75) is 39.5 Å². The molecule has 21 heavy (non-hydrogen) atoms. The average molecular weight is 313 g/mol. The van der Waals surface area contributed by atoms with Crippen molar-refractivity contribution in [1.82, 2.24) is 10.3 Å². The Balaban J connectivity index is 2.88. The topological polar surface area (TPSA) is 79.3 Å². The zero-order valence-electron chi connectivity index (χ0n) is 12.7. The van der Waals surface area contributed by atoms with Gasteiger partial charge in [-0.15, -0.1) is 0 Å². The van der Waals surface area contributed by atoms with Gasteiger partial charge in [0.1, 0.15) is 5.15 Å². The number of hydrogen-bond donors (Lipinski definition) is 2. The van der Waals surface area contributed by atoms with Crippen LogP contribution < -0.4 is 5.32 Å². The Morgan fingerprint density at radius 1 is 1.38 bits per heavy atom. The maximum Gasteiger partial charge on any atom is 0.308 e. The molecule has 0 bridgehead atoms. The summed E-state index contributed by atoms with van der Waals surface area (Å²) in [6, 6.07) is 3.16. The summed E-state index contributed by atoms with van der Waals surface area (Å²) in [6.07, 6.45) is 0.458. The molecule has 0 aliphatic carbocycles. The Hall–Kier alpha value is -1.62. The largest absolute Gasteiger partial charge is 0.481 e. The molecule has 0 aliphatic rings. The van der Waals surface area contributed by atoms with Crippen LogP contribution in [0, 0.1) is 5.92 Å². The monoisotopic (exact) mass is 312 g/mol. The van der Waals surface area contributed by atoms with Gasteiger partial charge in [0.25, 0.3) is 5.91 Å². The van der Waals surface area contributed by atoms with Gasteiger partial charge in [-0.1, -0.05) is 39.3 Å². The lowest BCUT2D eigenvalue weighted by molar-refractivity contribution is -0.141. The number of aliphatic carboxylic acids is 1. The third kappa shape index (κ3) is 5.01. The molecule has 0 spiro atoms. The SMILES string of the molecule is CCC(CNC(=O)c1cc(Cl)nc(C(C)(C)C)c1)C(=O)O. The fraction of sp³-hybridized carbons (Fsp3) is 0.533. The van der Waals surface area contributed by atoms with E-state index in [1.54, 1.807) is 13.0 Å². The normalized spacial score (nSPS) is 12.8. The Labute approximate surface area is 129 Å². The van der Waals surface area contributed by atoms with E-state index < -0.39 is 11.9 Å². The van der Waals surface area contributed by atoms with Crippen LogP contribution in [0.1, 0.15) is 50.2 Å². The highest BCUT2D eigenvalue weighted by molar-refractivity contribution is 6.29. The number of nitrogens with one attached hydrogen (secondary N) is 1. The van der Waals surface area contributed by atoms with Gasteiger partial charge >= 0.3 is 5.97 Å². The summed E-state index contributed by atoms with van der Waals surface area (Å²) in [5, 5.41) is 11.8. The number of carboxylic acids is 1. The first-order chi connectivity index (χ1) is 9.65. The maximum absolute atomic E-state index is 12.1. The van der Waals surface area contributed by atoms with Gasteiger partial charge in [0.05, 0.1) is 5.92 Å². The van der Waals surface area contributed by atoms with Gasteiger partial charge in [-0.25, -0.2) is 4.98 Å². The molecular formula is C15H21ClN2O3. The van der Waals surface area contributed by atoms with Crippen molar-refractivity contribution in [3.63, 3.8) is 0 Å². The number of aromatic nitrogens is 1. The maximum atomic E-state index is 12.1. The standard InChI is InChI=1S/C15H21ClN2O3/c1-5-9(14(20)21)8-17-13(19)10-6-11(15(2,3)4)18-12(16)7-10/h6-7,9H,5,8H2,1-4H3,(H,17,19)(H,20,21). The number of carboxylic acid groups (broad SMARTS) is 1. The first kappa shape index (κ1) is 17.4. The van der Waals surface area contributed by atoms with E-state index in [0.29, 0.717) is 17.7 Å². The number of carbonyl (C=O) groups excluding carboxylic acids is 1.